The van der Waals surface area contributed by atoms with E-state index in [4.69, 9.17) is 4.74 Å². The Morgan fingerprint density at radius 3 is 2.44 bits per heavy atom. The molecule has 0 bridgehead atoms. The zero-order valence-corrected chi connectivity index (χ0v) is 9.48. The largest absolute Gasteiger partial charge is 0.497 e. The normalized spacial score (nSPS) is 10.8. The molecule has 5 heteroatoms. The Hall–Kier alpha value is -2.04. The van der Waals surface area contributed by atoms with Crippen molar-refractivity contribution in [2.45, 2.75) is 6.92 Å². The zero-order valence-electron chi connectivity index (χ0n) is 9.48. The van der Waals surface area contributed by atoms with Crippen LogP contribution in [-0.2, 0) is 4.84 Å². The molecule has 1 N–H and O–H groups in total. The number of carbonyl (C=O) groups is 1. The van der Waals surface area contributed by atoms with Crippen LogP contribution >= 0.6 is 0 Å². The van der Waals surface area contributed by atoms with E-state index in [-0.39, 0.29) is 0 Å². The average Bonchev–Trinajstić information content (AvgIpc) is 2.35. The molecule has 0 heterocycles. The molecule has 0 aliphatic heterocycles. The van der Waals surface area contributed by atoms with Crippen LogP contribution in [0.4, 0.5) is 4.79 Å². The highest BCUT2D eigenvalue weighted by molar-refractivity contribution is 5.98. The third kappa shape index (κ3) is 3.27. The molecule has 0 saturated carbocycles. The van der Waals surface area contributed by atoms with Crippen LogP contribution in [0.15, 0.2) is 29.4 Å². The van der Waals surface area contributed by atoms with Gasteiger partial charge in [-0.1, -0.05) is 5.16 Å². The maximum atomic E-state index is 10.8. The molecule has 0 aliphatic rings. The van der Waals surface area contributed by atoms with Gasteiger partial charge in [0.25, 0.3) is 0 Å². The molecule has 1 aromatic carbocycles. The van der Waals surface area contributed by atoms with Crippen LogP contribution in [0.3, 0.4) is 0 Å². The molecule has 0 atom stereocenters. The average molecular weight is 222 g/mol. The molecule has 0 unspecified atom stereocenters. The Morgan fingerprint density at radius 2 is 1.94 bits per heavy atom. The second kappa shape index (κ2) is 5.75. The quantitative estimate of drug-likeness (QED) is 0.481. The molecule has 1 aromatic rings. The van der Waals surface area contributed by atoms with Crippen molar-refractivity contribution in [1.82, 2.24) is 5.32 Å². The van der Waals surface area contributed by atoms with Gasteiger partial charge in [0, 0.05) is 7.05 Å². The lowest BCUT2D eigenvalue weighted by molar-refractivity contribution is 0.153. The Bertz CT molecular complexity index is 385. The molecule has 0 aromatic heterocycles. The molecule has 86 valence electrons. The van der Waals surface area contributed by atoms with E-state index in [1.807, 2.05) is 24.3 Å². The highest BCUT2D eigenvalue weighted by Gasteiger charge is 2.01. The molecule has 0 radical (unpaired) electrons. The summed E-state index contributed by atoms with van der Waals surface area (Å²) in [6.07, 6.45) is -0.590. The number of methoxy groups -OCH3 is 1. The predicted molar refractivity (Wildman–Crippen MR) is 60.7 cm³/mol. The Kier molecular flexibility index (Phi) is 4.32. The Balaban J connectivity index is 2.71. The molecular weight excluding hydrogens is 208 g/mol. The molecule has 0 spiro atoms. The minimum atomic E-state index is -0.590. The van der Waals surface area contributed by atoms with Gasteiger partial charge in [-0.15, -0.1) is 0 Å². The predicted octanol–water partition coefficient (Wildman–Crippen LogP) is 1.78. The summed E-state index contributed by atoms with van der Waals surface area (Å²) in [5.74, 6) is 0.767. The van der Waals surface area contributed by atoms with Crippen molar-refractivity contribution in [3.05, 3.63) is 29.8 Å². The van der Waals surface area contributed by atoms with Crippen molar-refractivity contribution >= 4 is 11.8 Å². The molecule has 0 aliphatic carbocycles. The smallest absolute Gasteiger partial charge is 0.433 e. The van der Waals surface area contributed by atoms with Gasteiger partial charge in [-0.2, -0.15) is 0 Å². The van der Waals surface area contributed by atoms with Crippen molar-refractivity contribution in [2.75, 3.05) is 14.2 Å². The van der Waals surface area contributed by atoms with Crippen LogP contribution in [0, 0.1) is 0 Å². The lowest BCUT2D eigenvalue weighted by Gasteiger charge is -2.02. The molecule has 1 amide bonds. The van der Waals surface area contributed by atoms with Crippen molar-refractivity contribution in [2.24, 2.45) is 5.16 Å². The number of amides is 1. The fourth-order valence-electron chi connectivity index (χ4n) is 1.04. The van der Waals surface area contributed by atoms with Gasteiger partial charge < -0.3 is 10.1 Å². The first-order chi connectivity index (χ1) is 7.67. The van der Waals surface area contributed by atoms with Crippen LogP contribution in [-0.4, -0.2) is 26.0 Å². The Labute approximate surface area is 94.0 Å². The summed E-state index contributed by atoms with van der Waals surface area (Å²) in [5.41, 5.74) is 1.48. The first kappa shape index (κ1) is 12.0. The van der Waals surface area contributed by atoms with Crippen LogP contribution in [0.1, 0.15) is 12.5 Å². The fourth-order valence-corrected chi connectivity index (χ4v) is 1.04. The lowest BCUT2D eigenvalue weighted by Crippen LogP contribution is -2.17. The molecule has 1 rings (SSSR count). The van der Waals surface area contributed by atoms with E-state index >= 15 is 0 Å². The summed E-state index contributed by atoms with van der Waals surface area (Å²) in [6.45, 7) is 1.75. The second-order valence-corrected chi connectivity index (χ2v) is 3.03. The van der Waals surface area contributed by atoms with E-state index in [0.29, 0.717) is 5.71 Å². The number of ether oxygens (including phenoxy) is 1. The van der Waals surface area contributed by atoms with Gasteiger partial charge in [-0.3, -0.25) is 4.84 Å². The first-order valence-corrected chi connectivity index (χ1v) is 4.75. The highest BCUT2D eigenvalue weighted by Crippen LogP contribution is 2.11. The number of nitrogens with one attached hydrogen (secondary N) is 1. The minimum absolute atomic E-state index is 0.590. The van der Waals surface area contributed by atoms with Crippen molar-refractivity contribution < 1.29 is 14.4 Å². The van der Waals surface area contributed by atoms with E-state index in [2.05, 4.69) is 15.3 Å². The topological polar surface area (TPSA) is 59.9 Å². The lowest BCUT2D eigenvalue weighted by atomic mass is 10.1. The van der Waals surface area contributed by atoms with Gasteiger partial charge in [-0.25, -0.2) is 4.79 Å². The molecule has 5 nitrogen and oxygen atoms in total. The number of oxime groups is 1. The van der Waals surface area contributed by atoms with Gasteiger partial charge in [-0.05, 0) is 36.8 Å². The zero-order chi connectivity index (χ0) is 12.0. The van der Waals surface area contributed by atoms with Gasteiger partial charge in [0.1, 0.15) is 5.75 Å². The Morgan fingerprint density at radius 1 is 1.31 bits per heavy atom. The van der Waals surface area contributed by atoms with Gasteiger partial charge in [0.05, 0.1) is 12.8 Å². The number of rotatable bonds is 3. The third-order valence-corrected chi connectivity index (χ3v) is 1.98. The van der Waals surface area contributed by atoms with E-state index in [1.54, 1.807) is 14.0 Å². The maximum Gasteiger partial charge on any atom is 0.433 e. The van der Waals surface area contributed by atoms with Gasteiger partial charge in [0.15, 0.2) is 0 Å². The summed E-state index contributed by atoms with van der Waals surface area (Å²) in [6, 6.07) is 7.30. The third-order valence-electron chi connectivity index (χ3n) is 1.98. The second-order valence-electron chi connectivity index (χ2n) is 3.03. The number of hydrogen-bond donors (Lipinski definition) is 1. The molecule has 0 saturated heterocycles. The summed E-state index contributed by atoms with van der Waals surface area (Å²) in [5, 5.41) is 5.99. The fraction of sp³-hybridized carbons (Fsp3) is 0.273. The van der Waals surface area contributed by atoms with Crippen molar-refractivity contribution in [1.29, 1.82) is 0 Å². The summed E-state index contributed by atoms with van der Waals surface area (Å²) < 4.78 is 5.03. The van der Waals surface area contributed by atoms with E-state index < -0.39 is 6.09 Å². The molecular formula is C11H14N2O3. The molecule has 16 heavy (non-hydrogen) atoms. The van der Waals surface area contributed by atoms with E-state index in [1.165, 1.54) is 7.05 Å². The van der Waals surface area contributed by atoms with Crippen LogP contribution in [0.2, 0.25) is 0 Å². The van der Waals surface area contributed by atoms with Crippen molar-refractivity contribution in [3.8, 4) is 5.75 Å². The number of hydrogen-bond acceptors (Lipinski definition) is 4. The van der Waals surface area contributed by atoms with Crippen LogP contribution < -0.4 is 10.1 Å². The van der Waals surface area contributed by atoms with E-state index in [0.717, 1.165) is 11.3 Å². The van der Waals surface area contributed by atoms with Gasteiger partial charge in [0.2, 0.25) is 0 Å². The first-order valence-electron chi connectivity index (χ1n) is 4.75. The SMILES string of the molecule is CNC(=O)ON=C(C)c1ccc(OC)cc1. The molecule has 0 fully saturated rings. The maximum absolute atomic E-state index is 10.8. The van der Waals surface area contributed by atoms with Crippen LogP contribution in [0.25, 0.3) is 0 Å². The van der Waals surface area contributed by atoms with E-state index in [9.17, 15) is 4.79 Å². The summed E-state index contributed by atoms with van der Waals surface area (Å²) in [4.78, 5) is 15.4. The van der Waals surface area contributed by atoms with Crippen molar-refractivity contribution in [3.63, 3.8) is 0 Å². The highest BCUT2D eigenvalue weighted by atomic mass is 16.7. The van der Waals surface area contributed by atoms with Gasteiger partial charge >= 0.3 is 6.09 Å². The standard InChI is InChI=1S/C11H14N2O3/c1-8(13-16-11(14)12-2)9-4-6-10(15-3)7-5-9/h4-7H,1-3H3,(H,12,14). The minimum Gasteiger partial charge on any atom is -0.497 e. The number of carbonyl (C=O) groups excluding carboxylic acids is 1. The monoisotopic (exact) mass is 222 g/mol. The summed E-state index contributed by atoms with van der Waals surface area (Å²) in [7, 11) is 3.07. The number of benzene rings is 1. The number of nitrogens with zero attached hydrogens (tertiary/aromatic N) is 1. The summed E-state index contributed by atoms with van der Waals surface area (Å²) >= 11 is 0. The van der Waals surface area contributed by atoms with Crippen LogP contribution in [0.5, 0.6) is 5.75 Å².